The molecule has 15 heteroatoms. The van der Waals surface area contributed by atoms with E-state index in [0.29, 0.717) is 30.9 Å². The van der Waals surface area contributed by atoms with Gasteiger partial charge in [0, 0.05) is 25.5 Å². The molecule has 3 aliphatic rings. The van der Waals surface area contributed by atoms with Gasteiger partial charge in [0.15, 0.2) is 0 Å². The Bertz CT molecular complexity index is 921. The van der Waals surface area contributed by atoms with Gasteiger partial charge in [0.2, 0.25) is 0 Å². The highest BCUT2D eigenvalue weighted by Crippen LogP contribution is 2.30. The van der Waals surface area contributed by atoms with Crippen molar-refractivity contribution in [2.24, 2.45) is 0 Å². The highest BCUT2D eigenvalue weighted by atomic mass is 32.3. The summed E-state index contributed by atoms with van der Waals surface area (Å²) in [6.45, 7) is 0.600. The number of hydroxylamine groups is 3. The molecule has 3 aliphatic heterocycles. The van der Waals surface area contributed by atoms with Gasteiger partial charge < -0.3 is 14.9 Å². The number of carbonyl (C=O) groups excluding carboxylic acids is 2. The van der Waals surface area contributed by atoms with Crippen LogP contribution in [0.4, 0.5) is 9.59 Å². The Labute approximate surface area is 189 Å². The fourth-order valence-electron chi connectivity index (χ4n) is 3.83. The Kier molecular flexibility index (Phi) is 8.01. The van der Waals surface area contributed by atoms with Crippen LogP contribution in [0.1, 0.15) is 25.7 Å². The molecule has 1 aromatic heterocycles. The van der Waals surface area contributed by atoms with E-state index in [9.17, 15) is 22.8 Å². The molecule has 0 radical (unpaired) electrons. The zero-order valence-corrected chi connectivity index (χ0v) is 18.3. The monoisotopic (exact) mass is 487 g/mol. The first-order valence-electron chi connectivity index (χ1n) is 10.2. The Morgan fingerprint density at radius 3 is 2.42 bits per heavy atom. The second-order valence-electron chi connectivity index (χ2n) is 7.61. The van der Waals surface area contributed by atoms with Gasteiger partial charge in [-0.1, -0.05) is 6.07 Å². The van der Waals surface area contributed by atoms with Crippen LogP contribution in [-0.4, -0.2) is 93.8 Å². The van der Waals surface area contributed by atoms with Gasteiger partial charge in [-0.15, -0.1) is 4.28 Å². The van der Waals surface area contributed by atoms with Crippen molar-refractivity contribution < 1.29 is 41.6 Å². The summed E-state index contributed by atoms with van der Waals surface area (Å²) >= 11 is 0. The SMILES string of the molecule is O=C(NO[C@@H]1CCCN(C(=O)O)C1)[C@@H]1CC[C@@H]2CN1C(=O)N2OS(=O)(=O)O.c1ccncc1. The van der Waals surface area contributed by atoms with Crippen molar-refractivity contribution in [1.82, 2.24) is 25.3 Å². The maximum Gasteiger partial charge on any atom is 0.418 e. The molecule has 2 bridgehead atoms. The number of carboxylic acid groups (broad SMARTS) is 1. The minimum atomic E-state index is -4.85. The molecular formula is C18H25N5O9S. The molecular weight excluding hydrogens is 462 g/mol. The van der Waals surface area contributed by atoms with Crippen molar-refractivity contribution in [1.29, 1.82) is 0 Å². The van der Waals surface area contributed by atoms with Crippen LogP contribution in [0.5, 0.6) is 0 Å². The number of nitrogens with one attached hydrogen (secondary N) is 1. The van der Waals surface area contributed by atoms with Crippen molar-refractivity contribution in [3.8, 4) is 0 Å². The van der Waals surface area contributed by atoms with Crippen LogP contribution in [0, 0.1) is 0 Å². The Balaban J connectivity index is 0.000000442. The Hall–Kier alpha value is -3.01. The van der Waals surface area contributed by atoms with Crippen molar-refractivity contribution in [2.45, 2.75) is 43.9 Å². The summed E-state index contributed by atoms with van der Waals surface area (Å²) < 4.78 is 34.8. The maximum atomic E-state index is 12.4. The van der Waals surface area contributed by atoms with Crippen LogP contribution in [0.3, 0.4) is 0 Å². The predicted molar refractivity (Wildman–Crippen MR) is 109 cm³/mol. The molecule has 0 aromatic carbocycles. The van der Waals surface area contributed by atoms with E-state index in [1.807, 2.05) is 18.2 Å². The van der Waals surface area contributed by atoms with Crippen LogP contribution < -0.4 is 5.48 Å². The van der Waals surface area contributed by atoms with Gasteiger partial charge in [-0.3, -0.25) is 19.2 Å². The molecule has 3 atom stereocenters. The number of likely N-dealkylation sites (tertiary alicyclic amines) is 1. The number of nitrogens with zero attached hydrogens (tertiary/aromatic N) is 4. The standard InChI is InChI=1S/C13H20N4O9S.C5H5N/c18-11(14-25-9-2-1-5-15(7-9)13(20)21)10-4-3-8-6-16(10)12(19)17(8)26-27(22,23)24;1-2-4-6-5-3-1/h8-10H,1-7H2,(H,14,18)(H,20,21)(H,22,23,24);1-5H/t8-,9-,10+;/m1./s1. The van der Waals surface area contributed by atoms with Crippen LogP contribution in [0.15, 0.2) is 30.6 Å². The fraction of sp³-hybridized carbons (Fsp3) is 0.556. The molecule has 182 valence electrons. The largest absolute Gasteiger partial charge is 0.465 e. The highest BCUT2D eigenvalue weighted by Gasteiger charge is 2.49. The number of fused-ring (bicyclic) bond motifs is 2. The van der Waals surface area contributed by atoms with E-state index in [4.69, 9.17) is 14.5 Å². The lowest BCUT2D eigenvalue weighted by molar-refractivity contribution is -0.146. The third-order valence-corrected chi connectivity index (χ3v) is 5.69. The number of amides is 4. The first kappa shape index (κ1) is 24.6. The van der Waals surface area contributed by atoms with Crippen LogP contribution in [-0.2, 0) is 24.3 Å². The van der Waals surface area contributed by atoms with E-state index < -0.39 is 46.6 Å². The summed E-state index contributed by atoms with van der Waals surface area (Å²) in [7, 11) is -4.85. The zero-order chi connectivity index (χ0) is 24.0. The molecule has 0 spiro atoms. The van der Waals surface area contributed by atoms with E-state index in [1.165, 1.54) is 4.90 Å². The van der Waals surface area contributed by atoms with Gasteiger partial charge in [-0.25, -0.2) is 15.1 Å². The van der Waals surface area contributed by atoms with Crippen LogP contribution >= 0.6 is 0 Å². The molecule has 0 unspecified atom stereocenters. The topological polar surface area (TPSA) is 179 Å². The van der Waals surface area contributed by atoms with Gasteiger partial charge in [0.25, 0.3) is 5.91 Å². The lowest BCUT2D eigenvalue weighted by Crippen LogP contribution is -2.51. The quantitative estimate of drug-likeness (QED) is 0.385. The molecule has 4 heterocycles. The minimum absolute atomic E-state index is 0.0721. The second-order valence-corrected chi connectivity index (χ2v) is 8.62. The van der Waals surface area contributed by atoms with Gasteiger partial charge in [-0.05, 0) is 37.8 Å². The summed E-state index contributed by atoms with van der Waals surface area (Å²) in [6, 6.07) is 3.40. The molecule has 33 heavy (non-hydrogen) atoms. The molecule has 4 amide bonds. The Morgan fingerprint density at radius 1 is 1.12 bits per heavy atom. The number of hydrogen-bond acceptors (Lipinski definition) is 8. The molecule has 14 nitrogen and oxygen atoms in total. The van der Waals surface area contributed by atoms with Gasteiger partial charge in [0.1, 0.15) is 12.1 Å². The second kappa shape index (κ2) is 10.7. The van der Waals surface area contributed by atoms with E-state index in [-0.39, 0.29) is 19.5 Å². The van der Waals surface area contributed by atoms with E-state index in [1.54, 1.807) is 12.4 Å². The van der Waals surface area contributed by atoms with E-state index in [2.05, 4.69) is 14.7 Å². The molecule has 4 rings (SSSR count). The summed E-state index contributed by atoms with van der Waals surface area (Å²) in [4.78, 5) is 47.1. The first-order chi connectivity index (χ1) is 15.7. The third-order valence-electron chi connectivity index (χ3n) is 5.34. The average molecular weight is 487 g/mol. The fourth-order valence-corrected chi connectivity index (χ4v) is 4.22. The number of carbonyl (C=O) groups is 3. The smallest absolute Gasteiger partial charge is 0.418 e. The number of rotatable bonds is 5. The third kappa shape index (κ3) is 6.74. The van der Waals surface area contributed by atoms with Gasteiger partial charge in [0.05, 0.1) is 12.6 Å². The summed E-state index contributed by atoms with van der Waals surface area (Å²) in [5.41, 5.74) is 2.27. The zero-order valence-electron chi connectivity index (χ0n) is 17.5. The van der Waals surface area contributed by atoms with E-state index in [0.717, 1.165) is 4.90 Å². The van der Waals surface area contributed by atoms with Crippen molar-refractivity contribution in [2.75, 3.05) is 19.6 Å². The lowest BCUT2D eigenvalue weighted by Gasteiger charge is -2.32. The minimum Gasteiger partial charge on any atom is -0.465 e. The molecule has 3 fully saturated rings. The summed E-state index contributed by atoms with van der Waals surface area (Å²) in [5.74, 6) is -0.594. The Morgan fingerprint density at radius 2 is 1.85 bits per heavy atom. The van der Waals surface area contributed by atoms with Crippen LogP contribution in [0.25, 0.3) is 0 Å². The maximum absolute atomic E-state index is 12.4. The lowest BCUT2D eigenvalue weighted by atomic mass is 10.0. The van der Waals surface area contributed by atoms with Crippen molar-refractivity contribution in [3.63, 3.8) is 0 Å². The number of aromatic nitrogens is 1. The highest BCUT2D eigenvalue weighted by molar-refractivity contribution is 7.80. The molecule has 3 N–H and O–H groups in total. The summed E-state index contributed by atoms with van der Waals surface area (Å²) in [6.07, 6.45) is 3.67. The van der Waals surface area contributed by atoms with Crippen molar-refractivity contribution in [3.05, 3.63) is 30.6 Å². The van der Waals surface area contributed by atoms with Gasteiger partial charge >= 0.3 is 22.5 Å². The number of urea groups is 1. The number of hydrogen-bond donors (Lipinski definition) is 3. The molecule has 0 saturated carbocycles. The normalized spacial score (nSPS) is 24.7. The molecule has 0 aliphatic carbocycles. The van der Waals surface area contributed by atoms with Crippen molar-refractivity contribution >= 4 is 28.4 Å². The average Bonchev–Trinajstić information content (AvgIpc) is 3.02. The summed E-state index contributed by atoms with van der Waals surface area (Å²) in [5, 5.41) is 9.56. The first-order valence-corrected chi connectivity index (χ1v) is 11.6. The molecule has 1 aromatic rings. The van der Waals surface area contributed by atoms with Crippen LogP contribution in [0.2, 0.25) is 0 Å². The predicted octanol–water partition coefficient (Wildman–Crippen LogP) is 0.261. The number of pyridine rings is 1. The van der Waals surface area contributed by atoms with E-state index >= 15 is 0 Å². The number of piperidine rings is 2. The van der Waals surface area contributed by atoms with Gasteiger partial charge in [-0.2, -0.15) is 13.5 Å². The molecule has 3 saturated heterocycles.